The average Bonchev–Trinajstić information content (AvgIpc) is 2.16. The van der Waals surface area contributed by atoms with Crippen molar-refractivity contribution in [3.63, 3.8) is 0 Å². The Bertz CT molecular complexity index is 223. The number of rotatable bonds is 4. The van der Waals surface area contributed by atoms with E-state index in [4.69, 9.17) is 9.47 Å². The normalized spacial score (nSPS) is 27.7. The first-order chi connectivity index (χ1) is 6.63. The molecule has 0 aliphatic carbocycles. The van der Waals surface area contributed by atoms with Crippen LogP contribution in [-0.2, 0) is 14.3 Å². The Morgan fingerprint density at radius 1 is 1.71 bits per heavy atom. The van der Waals surface area contributed by atoms with Gasteiger partial charge in [0, 0.05) is 20.0 Å². The lowest BCUT2D eigenvalue weighted by molar-refractivity contribution is -0.143. The van der Waals surface area contributed by atoms with Gasteiger partial charge in [0.05, 0.1) is 6.61 Å². The smallest absolute Gasteiger partial charge is 0.158 e. The largest absolute Gasteiger partial charge is 0.356 e. The third-order valence-corrected chi connectivity index (χ3v) is 2.62. The van der Waals surface area contributed by atoms with Gasteiger partial charge in [0.15, 0.2) is 6.29 Å². The summed E-state index contributed by atoms with van der Waals surface area (Å²) in [6.45, 7) is 6.13. The number of hydrogen-bond acceptors (Lipinski definition) is 3. The first-order valence-electron chi connectivity index (χ1n) is 4.95. The molecule has 3 heteroatoms. The van der Waals surface area contributed by atoms with E-state index in [9.17, 15) is 4.79 Å². The second kappa shape index (κ2) is 5.27. The van der Waals surface area contributed by atoms with Crippen LogP contribution < -0.4 is 0 Å². The van der Waals surface area contributed by atoms with Crippen LogP contribution in [-0.4, -0.2) is 25.8 Å². The summed E-state index contributed by atoms with van der Waals surface area (Å²) >= 11 is 0. The number of carbonyl (C=O) groups is 1. The average molecular weight is 198 g/mol. The zero-order valence-electron chi connectivity index (χ0n) is 8.91. The SMILES string of the molecule is C=C1CO[C@@H](OC)C[C@@H]1CCC(C)=O. The summed E-state index contributed by atoms with van der Waals surface area (Å²) in [7, 11) is 1.64. The van der Waals surface area contributed by atoms with E-state index in [1.54, 1.807) is 14.0 Å². The van der Waals surface area contributed by atoms with Crippen LogP contribution in [0.3, 0.4) is 0 Å². The number of Topliss-reactive ketones (excluding diaryl/α,β-unsaturated/α-hetero) is 1. The van der Waals surface area contributed by atoms with Gasteiger partial charge >= 0.3 is 0 Å². The Hall–Kier alpha value is -0.670. The Labute approximate surface area is 85.1 Å². The number of ether oxygens (including phenoxy) is 2. The highest BCUT2D eigenvalue weighted by Gasteiger charge is 2.25. The number of hydrogen-bond donors (Lipinski definition) is 0. The van der Waals surface area contributed by atoms with Gasteiger partial charge in [-0.2, -0.15) is 0 Å². The van der Waals surface area contributed by atoms with Crippen LogP contribution in [0.25, 0.3) is 0 Å². The molecule has 0 aromatic heterocycles. The molecule has 0 N–H and O–H groups in total. The molecule has 0 spiro atoms. The molecule has 0 radical (unpaired) electrons. The lowest BCUT2D eigenvalue weighted by Crippen LogP contribution is -2.29. The van der Waals surface area contributed by atoms with E-state index < -0.39 is 0 Å². The molecule has 1 heterocycles. The van der Waals surface area contributed by atoms with Gasteiger partial charge in [0.25, 0.3) is 0 Å². The highest BCUT2D eigenvalue weighted by atomic mass is 16.7. The molecule has 14 heavy (non-hydrogen) atoms. The lowest BCUT2D eigenvalue weighted by Gasteiger charge is -2.30. The van der Waals surface area contributed by atoms with Crippen LogP contribution in [0, 0.1) is 5.92 Å². The molecule has 1 rings (SSSR count). The lowest BCUT2D eigenvalue weighted by atomic mass is 9.89. The van der Waals surface area contributed by atoms with Gasteiger partial charge in [0.2, 0.25) is 0 Å². The molecule has 0 aromatic rings. The molecule has 1 saturated heterocycles. The van der Waals surface area contributed by atoms with Crippen LogP contribution in [0.15, 0.2) is 12.2 Å². The molecule has 3 nitrogen and oxygen atoms in total. The number of methoxy groups -OCH3 is 1. The molecular weight excluding hydrogens is 180 g/mol. The molecule has 2 atom stereocenters. The van der Waals surface area contributed by atoms with Crippen molar-refractivity contribution in [1.82, 2.24) is 0 Å². The van der Waals surface area contributed by atoms with Gasteiger partial charge in [-0.15, -0.1) is 0 Å². The van der Waals surface area contributed by atoms with Crippen molar-refractivity contribution in [2.24, 2.45) is 5.92 Å². The zero-order valence-corrected chi connectivity index (χ0v) is 8.91. The van der Waals surface area contributed by atoms with Gasteiger partial charge < -0.3 is 14.3 Å². The molecular formula is C11H18O3. The minimum atomic E-state index is -0.127. The molecule has 1 aliphatic heterocycles. The van der Waals surface area contributed by atoms with Crippen LogP contribution >= 0.6 is 0 Å². The first-order valence-corrected chi connectivity index (χ1v) is 4.95. The minimum absolute atomic E-state index is 0.127. The van der Waals surface area contributed by atoms with E-state index in [2.05, 4.69) is 6.58 Å². The molecule has 0 aromatic carbocycles. The second-order valence-electron chi connectivity index (χ2n) is 3.81. The molecule has 0 amide bonds. The van der Waals surface area contributed by atoms with Gasteiger partial charge in [-0.1, -0.05) is 6.58 Å². The predicted molar refractivity (Wildman–Crippen MR) is 53.9 cm³/mol. The van der Waals surface area contributed by atoms with Crippen molar-refractivity contribution >= 4 is 5.78 Å². The maximum Gasteiger partial charge on any atom is 0.158 e. The quantitative estimate of drug-likeness (QED) is 0.647. The Morgan fingerprint density at radius 3 is 3.00 bits per heavy atom. The molecule has 0 saturated carbocycles. The van der Waals surface area contributed by atoms with Crippen molar-refractivity contribution in [1.29, 1.82) is 0 Å². The van der Waals surface area contributed by atoms with Gasteiger partial charge in [-0.05, 0) is 24.8 Å². The zero-order chi connectivity index (χ0) is 10.6. The number of ketones is 1. The molecule has 0 unspecified atom stereocenters. The number of carbonyl (C=O) groups excluding carboxylic acids is 1. The highest BCUT2D eigenvalue weighted by molar-refractivity contribution is 5.75. The Kier molecular flexibility index (Phi) is 4.29. The third-order valence-electron chi connectivity index (χ3n) is 2.62. The van der Waals surface area contributed by atoms with Crippen molar-refractivity contribution in [2.75, 3.05) is 13.7 Å². The van der Waals surface area contributed by atoms with Gasteiger partial charge in [0.1, 0.15) is 5.78 Å². The summed E-state index contributed by atoms with van der Waals surface area (Å²) in [5.41, 5.74) is 1.08. The van der Waals surface area contributed by atoms with E-state index >= 15 is 0 Å². The molecule has 1 aliphatic rings. The fraction of sp³-hybridized carbons (Fsp3) is 0.727. The van der Waals surface area contributed by atoms with Crippen LogP contribution in [0.1, 0.15) is 26.2 Å². The third kappa shape index (κ3) is 3.24. The molecule has 80 valence electrons. The fourth-order valence-electron chi connectivity index (χ4n) is 1.65. The summed E-state index contributed by atoms with van der Waals surface area (Å²) in [6.07, 6.45) is 2.19. The summed E-state index contributed by atoms with van der Waals surface area (Å²) in [4.78, 5) is 10.9. The van der Waals surface area contributed by atoms with Crippen molar-refractivity contribution in [3.8, 4) is 0 Å². The highest BCUT2D eigenvalue weighted by Crippen LogP contribution is 2.28. The van der Waals surface area contributed by atoms with E-state index in [1.807, 2.05) is 0 Å². The van der Waals surface area contributed by atoms with Crippen LogP contribution in [0.4, 0.5) is 0 Å². The van der Waals surface area contributed by atoms with Crippen molar-refractivity contribution < 1.29 is 14.3 Å². The van der Waals surface area contributed by atoms with Gasteiger partial charge in [-0.25, -0.2) is 0 Å². The fourth-order valence-corrected chi connectivity index (χ4v) is 1.65. The van der Waals surface area contributed by atoms with E-state index in [1.165, 1.54) is 0 Å². The van der Waals surface area contributed by atoms with Crippen molar-refractivity contribution in [2.45, 2.75) is 32.5 Å². The Morgan fingerprint density at radius 2 is 2.43 bits per heavy atom. The monoisotopic (exact) mass is 198 g/mol. The maximum atomic E-state index is 10.9. The summed E-state index contributed by atoms with van der Waals surface area (Å²) in [5.74, 6) is 0.607. The summed E-state index contributed by atoms with van der Waals surface area (Å²) in [6, 6.07) is 0. The van der Waals surface area contributed by atoms with E-state index in [-0.39, 0.29) is 12.1 Å². The Balaban J connectivity index is 2.40. The summed E-state index contributed by atoms with van der Waals surface area (Å²) < 4.78 is 10.5. The van der Waals surface area contributed by atoms with Gasteiger partial charge in [-0.3, -0.25) is 0 Å². The standard InChI is InChI=1S/C11H18O3/c1-8-7-14-11(13-3)6-10(8)5-4-9(2)12/h10-11H,1,4-7H2,2-3H3/t10-,11+/m0/s1. The topological polar surface area (TPSA) is 35.5 Å². The van der Waals surface area contributed by atoms with E-state index in [0.29, 0.717) is 18.9 Å². The maximum absolute atomic E-state index is 10.9. The van der Waals surface area contributed by atoms with Crippen molar-refractivity contribution in [3.05, 3.63) is 12.2 Å². The second-order valence-corrected chi connectivity index (χ2v) is 3.81. The molecule has 1 fully saturated rings. The van der Waals surface area contributed by atoms with Crippen LogP contribution in [0.5, 0.6) is 0 Å². The predicted octanol–water partition coefficient (Wildman–Crippen LogP) is 1.92. The minimum Gasteiger partial charge on any atom is -0.356 e. The summed E-state index contributed by atoms with van der Waals surface area (Å²) in [5, 5.41) is 0. The van der Waals surface area contributed by atoms with E-state index in [0.717, 1.165) is 18.4 Å². The first kappa shape index (κ1) is 11.4. The van der Waals surface area contributed by atoms with Crippen LogP contribution in [0.2, 0.25) is 0 Å². The molecule has 0 bridgehead atoms.